The van der Waals surface area contributed by atoms with Gasteiger partial charge in [-0.1, -0.05) is 29.9 Å². The molecule has 1 fully saturated rings. The number of allylic oxidation sites excluding steroid dienone is 8. The highest BCUT2D eigenvalue weighted by Crippen LogP contribution is 2.44. The molecule has 0 aliphatic heterocycles. The second kappa shape index (κ2) is 4.08. The fraction of sp³-hybridized carbons (Fsp3) is 0.500. The molecule has 0 nitrogen and oxygen atoms in total. The van der Waals surface area contributed by atoms with Gasteiger partial charge in [-0.25, -0.2) is 0 Å². The predicted octanol–water partition coefficient (Wildman–Crippen LogP) is 4.71. The summed E-state index contributed by atoms with van der Waals surface area (Å²) in [6.45, 7) is 2.29. The van der Waals surface area contributed by atoms with Crippen molar-refractivity contribution in [3.8, 4) is 0 Å². The quantitative estimate of drug-likeness (QED) is 0.622. The van der Waals surface area contributed by atoms with Gasteiger partial charge >= 0.3 is 0 Å². The van der Waals surface area contributed by atoms with E-state index in [-0.39, 0.29) is 0 Å². The van der Waals surface area contributed by atoms with Crippen molar-refractivity contribution in [3.05, 3.63) is 46.6 Å². The molecular formula is C16H20. The molecular weight excluding hydrogens is 192 g/mol. The van der Waals surface area contributed by atoms with Crippen LogP contribution in [0.25, 0.3) is 0 Å². The number of hydrogen-bond acceptors (Lipinski definition) is 0. The molecule has 0 unspecified atom stereocenters. The highest BCUT2D eigenvalue weighted by atomic mass is 14.3. The minimum absolute atomic E-state index is 0.900. The lowest BCUT2D eigenvalue weighted by Crippen LogP contribution is -2.03. The summed E-state index contributed by atoms with van der Waals surface area (Å²) in [6, 6.07) is 0. The van der Waals surface area contributed by atoms with Crippen LogP contribution < -0.4 is 0 Å². The summed E-state index contributed by atoms with van der Waals surface area (Å²) in [6.07, 6.45) is 17.2. The SMILES string of the molecule is CC1=CC(C2CC2)=C(C2=CC=CCC2)CC1. The van der Waals surface area contributed by atoms with E-state index in [2.05, 4.69) is 31.2 Å². The minimum atomic E-state index is 0.900. The van der Waals surface area contributed by atoms with Gasteiger partial charge in [-0.3, -0.25) is 0 Å². The van der Waals surface area contributed by atoms with Gasteiger partial charge in [0.2, 0.25) is 0 Å². The molecule has 0 aromatic heterocycles. The van der Waals surface area contributed by atoms with Crippen LogP contribution in [0.1, 0.15) is 45.4 Å². The Morgan fingerprint density at radius 1 is 1.12 bits per heavy atom. The largest absolute Gasteiger partial charge is 0.0842 e. The first-order valence-corrected chi connectivity index (χ1v) is 6.61. The lowest BCUT2D eigenvalue weighted by atomic mass is 9.83. The van der Waals surface area contributed by atoms with Gasteiger partial charge in [0.25, 0.3) is 0 Å². The average Bonchev–Trinajstić information content (AvgIpc) is 3.14. The molecule has 3 aliphatic carbocycles. The first kappa shape index (κ1) is 10.1. The molecule has 0 amide bonds. The van der Waals surface area contributed by atoms with Gasteiger partial charge in [-0.2, -0.15) is 0 Å². The maximum absolute atomic E-state index is 2.48. The zero-order valence-electron chi connectivity index (χ0n) is 10.1. The van der Waals surface area contributed by atoms with Crippen LogP contribution in [0.5, 0.6) is 0 Å². The zero-order valence-corrected chi connectivity index (χ0v) is 10.1. The summed E-state index contributed by atoms with van der Waals surface area (Å²) < 4.78 is 0. The van der Waals surface area contributed by atoms with Crippen LogP contribution in [0.2, 0.25) is 0 Å². The van der Waals surface area contributed by atoms with E-state index in [9.17, 15) is 0 Å². The molecule has 3 rings (SSSR count). The molecule has 84 valence electrons. The highest BCUT2D eigenvalue weighted by Gasteiger charge is 2.29. The van der Waals surface area contributed by atoms with Crippen molar-refractivity contribution < 1.29 is 0 Å². The van der Waals surface area contributed by atoms with Crippen LogP contribution in [0.15, 0.2) is 46.6 Å². The molecule has 16 heavy (non-hydrogen) atoms. The van der Waals surface area contributed by atoms with Gasteiger partial charge in [0.05, 0.1) is 0 Å². The molecule has 0 aromatic carbocycles. The molecule has 0 heteroatoms. The first-order chi connectivity index (χ1) is 7.84. The minimum Gasteiger partial charge on any atom is -0.0842 e. The van der Waals surface area contributed by atoms with E-state index in [1.54, 1.807) is 22.3 Å². The molecule has 0 atom stereocenters. The van der Waals surface area contributed by atoms with E-state index in [1.165, 1.54) is 38.5 Å². The summed E-state index contributed by atoms with van der Waals surface area (Å²) in [5, 5.41) is 0. The summed E-state index contributed by atoms with van der Waals surface area (Å²) in [5.74, 6) is 0.900. The Morgan fingerprint density at radius 2 is 2.00 bits per heavy atom. The van der Waals surface area contributed by atoms with E-state index in [1.807, 2.05) is 0 Å². The maximum atomic E-state index is 2.48. The van der Waals surface area contributed by atoms with Crippen LogP contribution in [0.3, 0.4) is 0 Å². The third-order valence-electron chi connectivity index (χ3n) is 3.94. The van der Waals surface area contributed by atoms with Crippen LogP contribution in [-0.2, 0) is 0 Å². The van der Waals surface area contributed by atoms with Crippen molar-refractivity contribution in [2.45, 2.75) is 45.4 Å². The monoisotopic (exact) mass is 212 g/mol. The molecule has 0 saturated heterocycles. The number of rotatable bonds is 2. The average molecular weight is 212 g/mol. The Hall–Kier alpha value is -1.04. The third kappa shape index (κ3) is 1.93. The van der Waals surface area contributed by atoms with Crippen molar-refractivity contribution >= 4 is 0 Å². The molecule has 3 aliphatic rings. The van der Waals surface area contributed by atoms with Gasteiger partial charge in [-0.05, 0) is 68.1 Å². The summed E-state index contributed by atoms with van der Waals surface area (Å²) in [7, 11) is 0. The number of hydrogen-bond donors (Lipinski definition) is 0. The summed E-state index contributed by atoms with van der Waals surface area (Å²) in [5.41, 5.74) is 6.58. The Kier molecular flexibility index (Phi) is 2.59. The van der Waals surface area contributed by atoms with Crippen molar-refractivity contribution in [2.75, 3.05) is 0 Å². The topological polar surface area (TPSA) is 0 Å². The van der Waals surface area contributed by atoms with Gasteiger partial charge in [0.15, 0.2) is 0 Å². The normalized spacial score (nSPS) is 25.6. The van der Waals surface area contributed by atoms with Crippen LogP contribution in [0.4, 0.5) is 0 Å². The van der Waals surface area contributed by atoms with Crippen LogP contribution >= 0.6 is 0 Å². The zero-order chi connectivity index (χ0) is 11.0. The lowest BCUT2D eigenvalue weighted by Gasteiger charge is -2.22. The van der Waals surface area contributed by atoms with E-state index < -0.39 is 0 Å². The van der Waals surface area contributed by atoms with E-state index >= 15 is 0 Å². The van der Waals surface area contributed by atoms with Gasteiger partial charge in [0.1, 0.15) is 0 Å². The molecule has 0 radical (unpaired) electrons. The smallest absolute Gasteiger partial charge is 0.0159 e. The first-order valence-electron chi connectivity index (χ1n) is 6.61. The molecule has 0 N–H and O–H groups in total. The summed E-state index contributed by atoms with van der Waals surface area (Å²) >= 11 is 0. The van der Waals surface area contributed by atoms with Gasteiger partial charge < -0.3 is 0 Å². The Balaban J connectivity index is 1.98. The lowest BCUT2D eigenvalue weighted by molar-refractivity contribution is 0.827. The van der Waals surface area contributed by atoms with Crippen molar-refractivity contribution in [3.63, 3.8) is 0 Å². The van der Waals surface area contributed by atoms with Crippen molar-refractivity contribution in [2.24, 2.45) is 5.92 Å². The van der Waals surface area contributed by atoms with Gasteiger partial charge in [-0.15, -0.1) is 0 Å². The van der Waals surface area contributed by atoms with E-state index in [0.29, 0.717) is 0 Å². The Labute approximate surface area is 98.4 Å². The molecule has 0 heterocycles. The predicted molar refractivity (Wildman–Crippen MR) is 69.2 cm³/mol. The van der Waals surface area contributed by atoms with E-state index in [0.717, 1.165) is 5.92 Å². The Bertz CT molecular complexity index is 411. The van der Waals surface area contributed by atoms with E-state index in [4.69, 9.17) is 0 Å². The molecule has 1 saturated carbocycles. The molecule has 0 aromatic rings. The molecule has 0 bridgehead atoms. The summed E-state index contributed by atoms with van der Waals surface area (Å²) in [4.78, 5) is 0. The van der Waals surface area contributed by atoms with Crippen LogP contribution in [0, 0.1) is 5.92 Å². The van der Waals surface area contributed by atoms with Crippen molar-refractivity contribution in [1.82, 2.24) is 0 Å². The van der Waals surface area contributed by atoms with Crippen LogP contribution in [-0.4, -0.2) is 0 Å². The van der Waals surface area contributed by atoms with Gasteiger partial charge in [0, 0.05) is 0 Å². The highest BCUT2D eigenvalue weighted by molar-refractivity contribution is 5.48. The molecule has 0 spiro atoms. The maximum Gasteiger partial charge on any atom is -0.0159 e. The third-order valence-corrected chi connectivity index (χ3v) is 3.94. The second-order valence-electron chi connectivity index (χ2n) is 5.36. The van der Waals surface area contributed by atoms with Crippen molar-refractivity contribution in [1.29, 1.82) is 0 Å². The second-order valence-corrected chi connectivity index (χ2v) is 5.36. The fourth-order valence-electron chi connectivity index (χ4n) is 2.85. The fourth-order valence-corrected chi connectivity index (χ4v) is 2.85. The standard InChI is InChI=1S/C16H20/c1-12-7-10-15(13-5-3-2-4-6-13)16(11-12)14-8-9-14/h2-3,5,11,14H,4,6-10H2,1H3. The Morgan fingerprint density at radius 3 is 2.69 bits per heavy atom.